The Hall–Kier alpha value is -2.83. The van der Waals surface area contributed by atoms with Gasteiger partial charge < -0.3 is 5.32 Å². The van der Waals surface area contributed by atoms with Crippen LogP contribution >= 0.6 is 0 Å². The maximum Gasteiger partial charge on any atom is 0.257 e. The normalized spacial score (nSPS) is 11.2. The highest BCUT2D eigenvalue weighted by molar-refractivity contribution is 6.06. The van der Waals surface area contributed by atoms with Crippen molar-refractivity contribution in [2.24, 2.45) is 0 Å². The van der Waals surface area contributed by atoms with Crippen LogP contribution in [0.15, 0.2) is 30.5 Å². The molecule has 0 aliphatic heterocycles. The van der Waals surface area contributed by atoms with Crippen LogP contribution in [0.3, 0.4) is 0 Å². The predicted octanol–water partition coefficient (Wildman–Crippen LogP) is 3.85. The van der Waals surface area contributed by atoms with Crippen LogP contribution in [0, 0.1) is 18.6 Å². The molecule has 1 N–H and O–H groups in total. The number of hydrogen-bond donors (Lipinski definition) is 1. The first-order valence-corrected chi connectivity index (χ1v) is 7.48. The van der Waals surface area contributed by atoms with Crippen LogP contribution in [0.25, 0.3) is 11.0 Å². The minimum atomic E-state index is -1.02. The lowest BCUT2D eigenvalue weighted by Gasteiger charge is -2.10. The number of nitrogens with one attached hydrogen (secondary N) is 1. The summed E-state index contributed by atoms with van der Waals surface area (Å²) in [5.74, 6) is -2.42. The molecule has 24 heavy (non-hydrogen) atoms. The van der Waals surface area contributed by atoms with E-state index in [9.17, 15) is 13.6 Å². The minimum Gasteiger partial charge on any atom is -0.322 e. The van der Waals surface area contributed by atoms with Crippen molar-refractivity contribution in [3.8, 4) is 0 Å². The maximum atomic E-state index is 13.2. The third-order valence-electron chi connectivity index (χ3n) is 3.67. The molecule has 0 radical (unpaired) electrons. The van der Waals surface area contributed by atoms with E-state index in [0.717, 1.165) is 17.5 Å². The first-order valence-electron chi connectivity index (χ1n) is 7.48. The molecule has 1 aromatic carbocycles. The highest BCUT2D eigenvalue weighted by Gasteiger charge is 2.16. The number of nitrogens with zero attached hydrogens (tertiary/aromatic N) is 3. The fraction of sp³-hybridized carbons (Fsp3) is 0.235. The van der Waals surface area contributed by atoms with Crippen molar-refractivity contribution in [1.82, 2.24) is 14.8 Å². The van der Waals surface area contributed by atoms with Crippen molar-refractivity contribution in [1.29, 1.82) is 0 Å². The number of anilines is 1. The van der Waals surface area contributed by atoms with Gasteiger partial charge in [-0.2, -0.15) is 5.10 Å². The van der Waals surface area contributed by atoms with Crippen LogP contribution < -0.4 is 5.32 Å². The number of halogens is 2. The molecule has 7 heteroatoms. The number of aromatic nitrogens is 3. The monoisotopic (exact) mass is 330 g/mol. The SMILES string of the molecule is Cc1nc2c(cnn2C(C)C)cc1C(=O)Nc1ccc(F)c(F)c1. The summed E-state index contributed by atoms with van der Waals surface area (Å²) in [5.41, 5.74) is 1.77. The van der Waals surface area contributed by atoms with E-state index in [1.54, 1.807) is 23.9 Å². The molecule has 1 amide bonds. The number of fused-ring (bicyclic) bond motifs is 1. The quantitative estimate of drug-likeness (QED) is 0.793. The molecule has 0 saturated heterocycles. The van der Waals surface area contributed by atoms with E-state index >= 15 is 0 Å². The fourth-order valence-corrected chi connectivity index (χ4v) is 2.45. The molecule has 2 aromatic heterocycles. The average molecular weight is 330 g/mol. The van der Waals surface area contributed by atoms with E-state index in [0.29, 0.717) is 16.9 Å². The van der Waals surface area contributed by atoms with E-state index in [1.165, 1.54) is 6.07 Å². The summed E-state index contributed by atoms with van der Waals surface area (Å²) < 4.78 is 28.0. The minimum absolute atomic E-state index is 0.149. The Balaban J connectivity index is 1.94. The summed E-state index contributed by atoms with van der Waals surface area (Å²) in [7, 11) is 0. The van der Waals surface area contributed by atoms with Gasteiger partial charge in [-0.1, -0.05) is 0 Å². The molecule has 5 nitrogen and oxygen atoms in total. The van der Waals surface area contributed by atoms with Crippen LogP contribution in [0.4, 0.5) is 14.5 Å². The molecular weight excluding hydrogens is 314 g/mol. The van der Waals surface area contributed by atoms with Crippen molar-refractivity contribution >= 4 is 22.6 Å². The number of carbonyl (C=O) groups is 1. The van der Waals surface area contributed by atoms with Gasteiger partial charge >= 0.3 is 0 Å². The largest absolute Gasteiger partial charge is 0.322 e. The van der Waals surface area contributed by atoms with Gasteiger partial charge in [0.15, 0.2) is 17.3 Å². The van der Waals surface area contributed by atoms with Crippen LogP contribution in [0.1, 0.15) is 35.9 Å². The molecular formula is C17H16F2N4O. The van der Waals surface area contributed by atoms with E-state index < -0.39 is 17.5 Å². The van der Waals surface area contributed by atoms with Crippen molar-refractivity contribution in [2.45, 2.75) is 26.8 Å². The first kappa shape index (κ1) is 16.0. The molecule has 0 bridgehead atoms. The highest BCUT2D eigenvalue weighted by Crippen LogP contribution is 2.21. The maximum absolute atomic E-state index is 13.2. The van der Waals surface area contributed by atoms with Gasteiger partial charge in [-0.05, 0) is 39.0 Å². The molecule has 2 heterocycles. The number of benzene rings is 1. The summed E-state index contributed by atoms with van der Waals surface area (Å²) in [4.78, 5) is 16.9. The third-order valence-corrected chi connectivity index (χ3v) is 3.67. The second-order valence-corrected chi connectivity index (χ2v) is 5.80. The number of rotatable bonds is 3. The average Bonchev–Trinajstić information content (AvgIpc) is 2.93. The van der Waals surface area contributed by atoms with Gasteiger partial charge in [0, 0.05) is 23.2 Å². The molecule has 3 rings (SSSR count). The van der Waals surface area contributed by atoms with Gasteiger partial charge in [0.2, 0.25) is 0 Å². The Bertz CT molecular complexity index is 934. The van der Waals surface area contributed by atoms with Gasteiger partial charge in [0.25, 0.3) is 5.91 Å². The van der Waals surface area contributed by atoms with Crippen molar-refractivity contribution in [3.63, 3.8) is 0 Å². The summed E-state index contributed by atoms with van der Waals surface area (Å²) in [5, 5.41) is 7.56. The molecule has 124 valence electrons. The van der Waals surface area contributed by atoms with E-state index in [1.807, 2.05) is 13.8 Å². The second-order valence-electron chi connectivity index (χ2n) is 5.80. The Kier molecular flexibility index (Phi) is 4.01. The lowest BCUT2D eigenvalue weighted by Crippen LogP contribution is -2.15. The summed E-state index contributed by atoms with van der Waals surface area (Å²) in [6, 6.07) is 5.04. The standard InChI is InChI=1S/C17H16F2N4O/c1-9(2)23-16-11(8-20-23)6-13(10(3)21-16)17(24)22-12-4-5-14(18)15(19)7-12/h4-9H,1-3H3,(H,22,24). The number of hydrogen-bond acceptors (Lipinski definition) is 3. The van der Waals surface area contributed by atoms with Crippen LogP contribution in [0.2, 0.25) is 0 Å². The molecule has 0 atom stereocenters. The second kappa shape index (κ2) is 5.99. The number of amides is 1. The molecule has 0 spiro atoms. The van der Waals surface area contributed by atoms with E-state index in [4.69, 9.17) is 0 Å². The van der Waals surface area contributed by atoms with Crippen LogP contribution in [-0.4, -0.2) is 20.7 Å². The zero-order valence-corrected chi connectivity index (χ0v) is 13.5. The Morgan fingerprint density at radius 1 is 1.21 bits per heavy atom. The first-order chi connectivity index (χ1) is 11.4. The van der Waals surface area contributed by atoms with Gasteiger partial charge in [-0.15, -0.1) is 0 Å². The zero-order chi connectivity index (χ0) is 17.4. The lowest BCUT2D eigenvalue weighted by molar-refractivity contribution is 0.102. The Morgan fingerprint density at radius 2 is 1.96 bits per heavy atom. The van der Waals surface area contributed by atoms with Gasteiger partial charge in [0.05, 0.1) is 17.5 Å². The van der Waals surface area contributed by atoms with Crippen LogP contribution in [-0.2, 0) is 0 Å². The smallest absolute Gasteiger partial charge is 0.257 e. The third kappa shape index (κ3) is 2.84. The summed E-state index contributed by atoms with van der Waals surface area (Å²) in [6.45, 7) is 5.71. The number of aryl methyl sites for hydroxylation is 1. The van der Waals surface area contributed by atoms with E-state index in [2.05, 4.69) is 15.4 Å². The number of pyridine rings is 1. The molecule has 0 unspecified atom stereocenters. The topological polar surface area (TPSA) is 59.8 Å². The lowest BCUT2D eigenvalue weighted by atomic mass is 10.1. The number of carbonyl (C=O) groups excluding carboxylic acids is 1. The molecule has 0 saturated carbocycles. The molecule has 0 aliphatic carbocycles. The molecule has 3 aromatic rings. The zero-order valence-electron chi connectivity index (χ0n) is 13.5. The predicted molar refractivity (Wildman–Crippen MR) is 87.0 cm³/mol. The molecule has 0 fully saturated rings. The summed E-state index contributed by atoms with van der Waals surface area (Å²) >= 11 is 0. The fourth-order valence-electron chi connectivity index (χ4n) is 2.45. The Morgan fingerprint density at radius 3 is 2.62 bits per heavy atom. The van der Waals surface area contributed by atoms with Gasteiger partial charge in [-0.3, -0.25) is 4.79 Å². The molecule has 0 aliphatic rings. The van der Waals surface area contributed by atoms with Gasteiger partial charge in [0.1, 0.15) is 0 Å². The van der Waals surface area contributed by atoms with Crippen LogP contribution in [0.5, 0.6) is 0 Å². The van der Waals surface area contributed by atoms with E-state index in [-0.39, 0.29) is 11.7 Å². The Labute approximate surface area is 137 Å². The van der Waals surface area contributed by atoms with Crippen molar-refractivity contribution < 1.29 is 13.6 Å². The summed E-state index contributed by atoms with van der Waals surface area (Å²) in [6.07, 6.45) is 1.65. The van der Waals surface area contributed by atoms with Gasteiger partial charge in [-0.25, -0.2) is 18.4 Å². The van der Waals surface area contributed by atoms with Crippen molar-refractivity contribution in [3.05, 3.63) is 53.4 Å². The highest BCUT2D eigenvalue weighted by atomic mass is 19.2. The van der Waals surface area contributed by atoms with Crippen molar-refractivity contribution in [2.75, 3.05) is 5.32 Å².